The van der Waals surface area contributed by atoms with Crippen molar-refractivity contribution in [3.05, 3.63) is 11.3 Å². The fourth-order valence-electron chi connectivity index (χ4n) is 1.20. The van der Waals surface area contributed by atoms with Crippen LogP contribution in [0, 0.1) is 6.92 Å². The number of methoxy groups -OCH3 is 1. The molecule has 0 aliphatic rings. The molecular formula is C8H9F3N2O2. The molecule has 15 heavy (non-hydrogen) atoms. The molecule has 7 heteroatoms. The van der Waals surface area contributed by atoms with Crippen molar-refractivity contribution in [1.29, 1.82) is 0 Å². The highest BCUT2D eigenvalue weighted by molar-refractivity contribution is 5.80. The van der Waals surface area contributed by atoms with Crippen molar-refractivity contribution in [2.45, 2.75) is 19.6 Å². The molecular weight excluding hydrogens is 213 g/mol. The van der Waals surface area contributed by atoms with Crippen molar-refractivity contribution in [2.24, 2.45) is 0 Å². The highest BCUT2D eigenvalue weighted by atomic mass is 19.4. The van der Waals surface area contributed by atoms with E-state index in [1.165, 1.54) is 14.0 Å². The van der Waals surface area contributed by atoms with Gasteiger partial charge in [0.25, 0.3) is 0 Å². The van der Waals surface area contributed by atoms with Gasteiger partial charge in [-0.3, -0.25) is 4.79 Å². The van der Waals surface area contributed by atoms with Gasteiger partial charge in [-0.1, -0.05) is 0 Å². The molecule has 0 saturated heterocycles. The second kappa shape index (κ2) is 3.92. The number of aldehydes is 1. The molecule has 1 rings (SSSR count). The highest BCUT2D eigenvalue weighted by Crippen LogP contribution is 2.25. The Morgan fingerprint density at radius 2 is 2.13 bits per heavy atom. The van der Waals surface area contributed by atoms with Gasteiger partial charge in [-0.15, -0.1) is 0 Å². The molecule has 0 saturated carbocycles. The first-order valence-electron chi connectivity index (χ1n) is 4.02. The van der Waals surface area contributed by atoms with Gasteiger partial charge in [0.15, 0.2) is 6.29 Å². The highest BCUT2D eigenvalue weighted by Gasteiger charge is 2.31. The fourth-order valence-corrected chi connectivity index (χ4v) is 1.20. The fraction of sp³-hybridized carbons (Fsp3) is 0.500. The summed E-state index contributed by atoms with van der Waals surface area (Å²) in [5.41, 5.74) is 0.257. The molecule has 0 amide bonds. The monoisotopic (exact) mass is 222 g/mol. The van der Waals surface area contributed by atoms with Gasteiger partial charge in [0.2, 0.25) is 5.88 Å². The lowest BCUT2D eigenvalue weighted by Gasteiger charge is -2.08. The maximum Gasteiger partial charge on any atom is 0.408 e. The molecule has 0 aliphatic heterocycles. The van der Waals surface area contributed by atoms with Crippen molar-refractivity contribution in [1.82, 2.24) is 9.78 Å². The first-order valence-corrected chi connectivity index (χ1v) is 4.02. The third-order valence-corrected chi connectivity index (χ3v) is 1.77. The van der Waals surface area contributed by atoms with Gasteiger partial charge in [-0.25, -0.2) is 4.68 Å². The van der Waals surface area contributed by atoms with Gasteiger partial charge in [-0.05, 0) is 6.92 Å². The number of rotatable bonds is 3. The van der Waals surface area contributed by atoms with Crippen LogP contribution in [0.3, 0.4) is 0 Å². The van der Waals surface area contributed by atoms with Crippen molar-refractivity contribution in [3.8, 4) is 5.88 Å². The lowest BCUT2D eigenvalue weighted by Crippen LogP contribution is -2.19. The Bertz CT molecular complexity index is 371. The topological polar surface area (TPSA) is 44.1 Å². The van der Waals surface area contributed by atoms with Gasteiger partial charge in [0.05, 0.1) is 18.4 Å². The number of alkyl halides is 3. The van der Waals surface area contributed by atoms with Gasteiger partial charge >= 0.3 is 6.18 Å². The Morgan fingerprint density at radius 1 is 1.53 bits per heavy atom. The number of carbonyl (C=O) groups is 1. The van der Waals surface area contributed by atoms with E-state index in [0.29, 0.717) is 11.0 Å². The lowest BCUT2D eigenvalue weighted by molar-refractivity contribution is -0.143. The molecule has 1 aromatic heterocycles. The summed E-state index contributed by atoms with van der Waals surface area (Å²) in [6.45, 7) is 0.171. The maximum absolute atomic E-state index is 12.1. The van der Waals surface area contributed by atoms with Crippen LogP contribution >= 0.6 is 0 Å². The Hall–Kier alpha value is -1.53. The van der Waals surface area contributed by atoms with E-state index < -0.39 is 12.7 Å². The van der Waals surface area contributed by atoms with Gasteiger partial charge in [-0.2, -0.15) is 18.3 Å². The van der Waals surface area contributed by atoms with Crippen molar-refractivity contribution in [2.75, 3.05) is 7.11 Å². The minimum atomic E-state index is -4.40. The molecule has 0 atom stereocenters. The summed E-state index contributed by atoms with van der Waals surface area (Å²) in [5.74, 6) is -0.167. The summed E-state index contributed by atoms with van der Waals surface area (Å²) in [4.78, 5) is 10.6. The molecule has 0 bridgehead atoms. The summed E-state index contributed by atoms with van der Waals surface area (Å²) in [5, 5.41) is 3.58. The van der Waals surface area contributed by atoms with Crippen molar-refractivity contribution in [3.63, 3.8) is 0 Å². The third-order valence-electron chi connectivity index (χ3n) is 1.77. The molecule has 0 spiro atoms. The van der Waals surface area contributed by atoms with Crippen LogP contribution in [0.1, 0.15) is 16.1 Å². The molecule has 0 N–H and O–H groups in total. The maximum atomic E-state index is 12.1. The van der Waals surface area contributed by atoms with Gasteiger partial charge < -0.3 is 4.74 Å². The van der Waals surface area contributed by atoms with Crippen LogP contribution in [0.25, 0.3) is 0 Å². The molecule has 84 valence electrons. The normalized spacial score (nSPS) is 11.5. The van der Waals surface area contributed by atoms with Crippen LogP contribution in [0.5, 0.6) is 5.88 Å². The number of hydrogen-bond donors (Lipinski definition) is 0. The second-order valence-electron chi connectivity index (χ2n) is 2.90. The zero-order valence-electron chi connectivity index (χ0n) is 8.13. The largest absolute Gasteiger partial charge is 0.481 e. The molecule has 0 aliphatic carbocycles. The van der Waals surface area contributed by atoms with Crippen LogP contribution in [0.2, 0.25) is 0 Å². The summed E-state index contributed by atoms with van der Waals surface area (Å²) < 4.78 is 41.6. The van der Waals surface area contributed by atoms with Crippen LogP contribution in [0.4, 0.5) is 13.2 Å². The predicted molar refractivity (Wildman–Crippen MR) is 45.0 cm³/mol. The Labute approximate surface area is 83.6 Å². The number of hydrogen-bond acceptors (Lipinski definition) is 3. The lowest BCUT2D eigenvalue weighted by atomic mass is 10.3. The number of carbonyl (C=O) groups excluding carboxylic acids is 1. The van der Waals surface area contributed by atoms with Crippen molar-refractivity contribution < 1.29 is 22.7 Å². The minimum absolute atomic E-state index is 0.0433. The van der Waals surface area contributed by atoms with E-state index in [0.717, 1.165) is 0 Å². The molecule has 1 aromatic rings. The van der Waals surface area contributed by atoms with Crippen LogP contribution in [-0.4, -0.2) is 29.4 Å². The first kappa shape index (κ1) is 11.5. The van der Waals surface area contributed by atoms with E-state index in [2.05, 4.69) is 5.10 Å². The number of aromatic nitrogens is 2. The number of aryl methyl sites for hydroxylation is 1. The first-order chi connectivity index (χ1) is 6.89. The van der Waals surface area contributed by atoms with Gasteiger partial charge in [0, 0.05) is 0 Å². The number of ether oxygens (including phenoxy) is 1. The standard InChI is InChI=1S/C8H9F3N2O2/c1-5-6(3-14)7(15-2)13(12-5)4-8(9,10)11/h3H,4H2,1-2H3. The molecule has 0 aromatic carbocycles. The van der Waals surface area contributed by atoms with E-state index in [9.17, 15) is 18.0 Å². The summed E-state index contributed by atoms with van der Waals surface area (Å²) in [7, 11) is 1.19. The van der Waals surface area contributed by atoms with Crippen LogP contribution < -0.4 is 4.74 Å². The van der Waals surface area contributed by atoms with Crippen LogP contribution in [0.15, 0.2) is 0 Å². The molecule has 1 heterocycles. The number of halogens is 3. The summed E-state index contributed by atoms with van der Waals surface area (Å²) in [6, 6.07) is 0. The zero-order valence-corrected chi connectivity index (χ0v) is 8.13. The summed E-state index contributed by atoms with van der Waals surface area (Å²) in [6.07, 6.45) is -3.97. The molecule has 4 nitrogen and oxygen atoms in total. The van der Waals surface area contributed by atoms with E-state index in [-0.39, 0.29) is 17.1 Å². The van der Waals surface area contributed by atoms with E-state index in [1.807, 2.05) is 0 Å². The Balaban J connectivity index is 3.13. The molecule has 0 unspecified atom stereocenters. The van der Waals surface area contributed by atoms with E-state index in [1.54, 1.807) is 0 Å². The third kappa shape index (κ3) is 2.48. The SMILES string of the molecule is COc1c(C=O)c(C)nn1CC(F)(F)F. The summed E-state index contributed by atoms with van der Waals surface area (Å²) >= 11 is 0. The Morgan fingerprint density at radius 3 is 2.53 bits per heavy atom. The van der Waals surface area contributed by atoms with E-state index >= 15 is 0 Å². The van der Waals surface area contributed by atoms with Crippen LogP contribution in [-0.2, 0) is 6.54 Å². The predicted octanol–water partition coefficient (Wildman–Crippen LogP) is 1.57. The quantitative estimate of drug-likeness (QED) is 0.729. The van der Waals surface area contributed by atoms with E-state index in [4.69, 9.17) is 4.74 Å². The minimum Gasteiger partial charge on any atom is -0.481 e. The van der Waals surface area contributed by atoms with Crippen molar-refractivity contribution >= 4 is 6.29 Å². The molecule has 0 radical (unpaired) electrons. The second-order valence-corrected chi connectivity index (χ2v) is 2.90. The average Bonchev–Trinajstić information content (AvgIpc) is 2.37. The smallest absolute Gasteiger partial charge is 0.408 e. The average molecular weight is 222 g/mol. The molecule has 0 fully saturated rings. The number of nitrogens with zero attached hydrogens (tertiary/aromatic N) is 2. The zero-order chi connectivity index (χ0) is 11.6. The Kier molecular flexibility index (Phi) is 3.01. The van der Waals surface area contributed by atoms with Gasteiger partial charge in [0.1, 0.15) is 6.54 Å².